The molecule has 0 unspecified atom stereocenters. The van der Waals surface area contributed by atoms with E-state index < -0.39 is 0 Å². The molecule has 1 aliphatic rings. The van der Waals surface area contributed by atoms with Gasteiger partial charge in [-0.25, -0.2) is 4.79 Å². The fourth-order valence-electron chi connectivity index (χ4n) is 3.87. The van der Waals surface area contributed by atoms with Gasteiger partial charge in [-0.05, 0) is 42.5 Å². The second kappa shape index (κ2) is 9.80. The van der Waals surface area contributed by atoms with E-state index in [4.69, 9.17) is 0 Å². The molecule has 0 spiro atoms. The number of pyridine rings is 1. The van der Waals surface area contributed by atoms with Crippen molar-refractivity contribution < 1.29 is 4.79 Å². The number of anilines is 1. The maximum Gasteiger partial charge on any atom is 0.324 e. The highest BCUT2D eigenvalue weighted by molar-refractivity contribution is 7.15. The lowest BCUT2D eigenvalue weighted by atomic mass is 9.90. The smallest absolute Gasteiger partial charge is 0.316 e. The Bertz CT molecular complexity index is 968. The molecule has 1 N–H and O–H groups in total. The first-order valence-electron chi connectivity index (χ1n) is 10.5. The van der Waals surface area contributed by atoms with E-state index in [2.05, 4.69) is 39.6 Å². The number of hydrogen-bond acceptors (Lipinski definition) is 5. The number of carbonyl (C=O) groups excluding carboxylic acids is 1. The lowest BCUT2D eigenvalue weighted by molar-refractivity contribution is 0.206. The van der Waals surface area contributed by atoms with E-state index in [1.54, 1.807) is 17.3 Å². The number of benzene rings is 1. The number of carbonyl (C=O) groups is 1. The Hall–Kier alpha value is -2.80. The standard InChI is InChI=1S/C23H27N5OS/c1-17-8-5-6-12-20(17)16-28(15-18-9-7-13-24-14-18)23(29)25-22-27-26-21(30-22)19-10-3-2-4-11-19/h5-9,12-14,19H,2-4,10-11,15-16H2,1H3,(H,25,27,29). The van der Waals surface area contributed by atoms with Crippen molar-refractivity contribution in [3.05, 3.63) is 70.5 Å². The summed E-state index contributed by atoms with van der Waals surface area (Å²) in [6.45, 7) is 3.06. The first-order chi connectivity index (χ1) is 14.7. The largest absolute Gasteiger partial charge is 0.324 e. The van der Waals surface area contributed by atoms with Crippen LogP contribution in [0, 0.1) is 6.92 Å². The molecule has 156 valence electrons. The number of aryl methyl sites for hydroxylation is 1. The van der Waals surface area contributed by atoms with Gasteiger partial charge in [0.1, 0.15) is 5.01 Å². The molecule has 3 aromatic rings. The quantitative estimate of drug-likeness (QED) is 0.568. The Morgan fingerprint density at radius 2 is 1.93 bits per heavy atom. The van der Waals surface area contributed by atoms with Crippen LogP contribution in [0.1, 0.15) is 59.7 Å². The van der Waals surface area contributed by atoms with Crippen LogP contribution in [0.5, 0.6) is 0 Å². The van der Waals surface area contributed by atoms with Crippen molar-refractivity contribution in [2.75, 3.05) is 5.32 Å². The summed E-state index contributed by atoms with van der Waals surface area (Å²) in [7, 11) is 0. The highest BCUT2D eigenvalue weighted by atomic mass is 32.1. The van der Waals surface area contributed by atoms with Gasteiger partial charge < -0.3 is 4.90 Å². The van der Waals surface area contributed by atoms with Gasteiger partial charge in [0.25, 0.3) is 0 Å². The predicted octanol–water partition coefficient (Wildman–Crippen LogP) is 5.52. The van der Waals surface area contributed by atoms with Crippen LogP contribution in [-0.2, 0) is 13.1 Å². The van der Waals surface area contributed by atoms with Crippen molar-refractivity contribution in [3.8, 4) is 0 Å². The summed E-state index contributed by atoms with van der Waals surface area (Å²) >= 11 is 1.51. The number of hydrogen-bond donors (Lipinski definition) is 1. The van der Waals surface area contributed by atoms with Gasteiger partial charge in [0.15, 0.2) is 0 Å². The normalized spacial score (nSPS) is 14.4. The Kier molecular flexibility index (Phi) is 6.69. The fraction of sp³-hybridized carbons (Fsp3) is 0.391. The van der Waals surface area contributed by atoms with Crippen molar-refractivity contribution in [2.24, 2.45) is 0 Å². The van der Waals surface area contributed by atoms with Crippen LogP contribution >= 0.6 is 11.3 Å². The Morgan fingerprint density at radius 1 is 1.10 bits per heavy atom. The van der Waals surface area contributed by atoms with Gasteiger partial charge in [0.2, 0.25) is 5.13 Å². The molecule has 30 heavy (non-hydrogen) atoms. The second-order valence-corrected chi connectivity index (χ2v) is 8.86. The maximum absolute atomic E-state index is 13.2. The van der Waals surface area contributed by atoms with Crippen molar-refractivity contribution in [3.63, 3.8) is 0 Å². The molecule has 1 saturated carbocycles. The van der Waals surface area contributed by atoms with E-state index in [1.165, 1.54) is 43.4 Å². The summed E-state index contributed by atoms with van der Waals surface area (Å²) in [6.07, 6.45) is 9.68. The number of nitrogens with zero attached hydrogens (tertiary/aromatic N) is 4. The topological polar surface area (TPSA) is 71.0 Å². The SMILES string of the molecule is Cc1ccccc1CN(Cc1cccnc1)C(=O)Nc1nnc(C2CCCCC2)s1. The van der Waals surface area contributed by atoms with Gasteiger partial charge in [-0.15, -0.1) is 10.2 Å². The predicted molar refractivity (Wildman–Crippen MR) is 119 cm³/mol. The first-order valence-corrected chi connectivity index (χ1v) is 11.3. The highest BCUT2D eigenvalue weighted by Gasteiger charge is 2.22. The number of amides is 2. The zero-order chi connectivity index (χ0) is 20.8. The molecule has 2 aromatic heterocycles. The van der Waals surface area contributed by atoms with E-state index >= 15 is 0 Å². The molecule has 1 aromatic carbocycles. The van der Waals surface area contributed by atoms with Crippen LogP contribution in [0.25, 0.3) is 0 Å². The molecule has 0 atom stereocenters. The minimum atomic E-state index is -0.173. The van der Waals surface area contributed by atoms with Crippen LogP contribution in [0.2, 0.25) is 0 Å². The summed E-state index contributed by atoms with van der Waals surface area (Å²) in [4.78, 5) is 19.1. The zero-order valence-corrected chi connectivity index (χ0v) is 18.1. The minimum absolute atomic E-state index is 0.173. The average Bonchev–Trinajstić information content (AvgIpc) is 3.24. The molecule has 4 rings (SSSR count). The molecule has 0 bridgehead atoms. The van der Waals surface area contributed by atoms with Crippen molar-refractivity contribution in [2.45, 2.75) is 58.0 Å². The Balaban J connectivity index is 1.48. The molecule has 0 saturated heterocycles. The van der Waals surface area contributed by atoms with E-state index in [9.17, 15) is 4.79 Å². The lowest BCUT2D eigenvalue weighted by Gasteiger charge is -2.23. The van der Waals surface area contributed by atoms with Gasteiger partial charge in [-0.2, -0.15) is 0 Å². The number of nitrogens with one attached hydrogen (secondary N) is 1. The Morgan fingerprint density at radius 3 is 2.70 bits per heavy atom. The van der Waals surface area contributed by atoms with Gasteiger partial charge in [0.05, 0.1) is 0 Å². The summed E-state index contributed by atoms with van der Waals surface area (Å²) in [6, 6.07) is 11.8. The molecular formula is C23H27N5OS. The van der Waals surface area contributed by atoms with Gasteiger partial charge >= 0.3 is 6.03 Å². The van der Waals surface area contributed by atoms with E-state index in [0.717, 1.165) is 21.7 Å². The molecule has 0 radical (unpaired) electrons. The van der Waals surface area contributed by atoms with Crippen molar-refractivity contribution in [1.29, 1.82) is 0 Å². The number of urea groups is 1. The van der Waals surface area contributed by atoms with Crippen molar-refractivity contribution in [1.82, 2.24) is 20.1 Å². The van der Waals surface area contributed by atoms with Gasteiger partial charge in [-0.1, -0.05) is 60.9 Å². The third-order valence-electron chi connectivity index (χ3n) is 5.61. The molecule has 2 heterocycles. The third kappa shape index (κ3) is 5.21. The number of aromatic nitrogens is 3. The summed E-state index contributed by atoms with van der Waals surface area (Å²) in [5.41, 5.74) is 3.27. The Labute approximate surface area is 181 Å². The summed E-state index contributed by atoms with van der Waals surface area (Å²) in [5, 5.41) is 13.2. The van der Waals surface area contributed by atoms with Crippen LogP contribution in [0.3, 0.4) is 0 Å². The summed E-state index contributed by atoms with van der Waals surface area (Å²) < 4.78 is 0. The van der Waals surface area contributed by atoms with E-state index in [-0.39, 0.29) is 6.03 Å². The maximum atomic E-state index is 13.2. The van der Waals surface area contributed by atoms with Gasteiger partial charge in [0, 0.05) is 31.4 Å². The van der Waals surface area contributed by atoms with Crippen molar-refractivity contribution >= 4 is 22.5 Å². The lowest BCUT2D eigenvalue weighted by Crippen LogP contribution is -2.34. The van der Waals surface area contributed by atoms with Crippen LogP contribution < -0.4 is 5.32 Å². The average molecular weight is 422 g/mol. The molecular weight excluding hydrogens is 394 g/mol. The van der Waals surface area contributed by atoms with Crippen LogP contribution in [-0.4, -0.2) is 26.1 Å². The molecule has 7 heteroatoms. The number of rotatable bonds is 6. The zero-order valence-electron chi connectivity index (χ0n) is 17.3. The molecule has 1 aliphatic carbocycles. The van der Waals surface area contributed by atoms with Crippen LogP contribution in [0.4, 0.5) is 9.93 Å². The van der Waals surface area contributed by atoms with Crippen LogP contribution in [0.15, 0.2) is 48.8 Å². The fourth-order valence-corrected chi connectivity index (χ4v) is 4.78. The molecule has 0 aliphatic heterocycles. The minimum Gasteiger partial charge on any atom is -0.316 e. The summed E-state index contributed by atoms with van der Waals surface area (Å²) in [5.74, 6) is 0.486. The monoisotopic (exact) mass is 421 g/mol. The molecule has 1 fully saturated rings. The van der Waals surface area contributed by atoms with E-state index in [1.807, 2.05) is 24.3 Å². The molecule has 6 nitrogen and oxygen atoms in total. The third-order valence-corrected chi connectivity index (χ3v) is 6.62. The first kappa shape index (κ1) is 20.5. The van der Waals surface area contributed by atoms with E-state index in [0.29, 0.717) is 24.1 Å². The molecule has 2 amide bonds. The van der Waals surface area contributed by atoms with Gasteiger partial charge in [-0.3, -0.25) is 10.3 Å². The highest BCUT2D eigenvalue weighted by Crippen LogP contribution is 2.35. The second-order valence-electron chi connectivity index (χ2n) is 7.85.